The Bertz CT molecular complexity index is 993. The van der Waals surface area contributed by atoms with Crippen LogP contribution in [-0.4, -0.2) is 26.7 Å². The number of benzene rings is 2. The van der Waals surface area contributed by atoms with Crippen LogP contribution in [0.1, 0.15) is 66.0 Å². The van der Waals surface area contributed by atoms with Crippen molar-refractivity contribution in [3.05, 3.63) is 58.7 Å². The smallest absolute Gasteiger partial charge is 0.261 e. The predicted molar refractivity (Wildman–Crippen MR) is 129 cm³/mol. The minimum absolute atomic E-state index is 0.124. The molecule has 3 rings (SSSR count). The molecule has 2 aromatic rings. The highest BCUT2D eigenvalue weighted by atomic mass is 28.4. The molecule has 5 nitrogen and oxygen atoms in total. The largest absolute Gasteiger partial charge is 0.543 e. The Balaban J connectivity index is 1.77. The minimum atomic E-state index is -1.94. The Labute approximate surface area is 186 Å². The molecule has 0 radical (unpaired) electrons. The molecule has 2 aromatic carbocycles. The van der Waals surface area contributed by atoms with E-state index in [4.69, 9.17) is 4.43 Å². The molecule has 166 valence electrons. The molecule has 0 aliphatic carbocycles. The van der Waals surface area contributed by atoms with Gasteiger partial charge in [0.25, 0.3) is 11.8 Å². The minimum Gasteiger partial charge on any atom is -0.543 e. The third kappa shape index (κ3) is 4.84. The van der Waals surface area contributed by atoms with Crippen LogP contribution in [0.5, 0.6) is 5.75 Å². The number of anilines is 1. The first-order chi connectivity index (χ1) is 14.5. The summed E-state index contributed by atoms with van der Waals surface area (Å²) in [6, 6.07) is 12.0. The summed E-state index contributed by atoms with van der Waals surface area (Å²) in [6.07, 6.45) is 2.46. The Morgan fingerprint density at radius 2 is 1.61 bits per heavy atom. The van der Waals surface area contributed by atoms with Gasteiger partial charge < -0.3 is 9.74 Å². The maximum Gasteiger partial charge on any atom is 0.261 e. The molecule has 2 amide bonds. The van der Waals surface area contributed by atoms with Gasteiger partial charge in [0.1, 0.15) is 5.75 Å². The highest BCUT2D eigenvalue weighted by molar-refractivity contribution is 6.74. The number of carbonyl (C=O) groups is 2. The van der Waals surface area contributed by atoms with Crippen molar-refractivity contribution in [2.24, 2.45) is 0 Å². The van der Waals surface area contributed by atoms with E-state index >= 15 is 0 Å². The number of fused-ring (bicyclic) bond motifs is 1. The first kappa shape index (κ1) is 23.1. The molecule has 0 aromatic heterocycles. The fraction of sp³-hybridized carbons (Fsp3) is 0.440. The second-order valence-corrected chi connectivity index (χ2v) is 14.4. The highest BCUT2D eigenvalue weighted by Crippen LogP contribution is 2.38. The van der Waals surface area contributed by atoms with Gasteiger partial charge >= 0.3 is 0 Å². The fourth-order valence-electron chi connectivity index (χ4n) is 3.56. The average Bonchev–Trinajstić information content (AvgIpc) is 2.98. The zero-order valence-corrected chi connectivity index (χ0v) is 20.5. The Morgan fingerprint density at radius 1 is 0.935 bits per heavy atom. The van der Waals surface area contributed by atoms with Crippen LogP contribution in [0.4, 0.5) is 5.69 Å². The number of imide groups is 1. The zero-order valence-electron chi connectivity index (χ0n) is 19.5. The number of amides is 2. The lowest BCUT2D eigenvalue weighted by Crippen LogP contribution is -2.44. The van der Waals surface area contributed by atoms with E-state index in [2.05, 4.69) is 57.5 Å². The monoisotopic (exact) mass is 438 g/mol. The molecule has 0 fully saturated rings. The van der Waals surface area contributed by atoms with Gasteiger partial charge in [0, 0.05) is 12.2 Å². The van der Waals surface area contributed by atoms with Crippen molar-refractivity contribution in [1.82, 2.24) is 5.32 Å². The first-order valence-corrected chi connectivity index (χ1v) is 14.0. The standard InChI is InChI=1S/C25H34N2O3Si/c1-7-10-18-13-14-19(22-21(18)23(28)27-24(22)29)26-16-15-17-11-8-9-12-20(17)30-31(5,6)25(2,3)4/h8-9,11-14,26H,7,10,15-16H2,1-6H3,(H,27,28,29). The summed E-state index contributed by atoms with van der Waals surface area (Å²) in [6.45, 7) is 13.9. The van der Waals surface area contributed by atoms with Crippen LogP contribution in [0, 0.1) is 0 Å². The summed E-state index contributed by atoms with van der Waals surface area (Å²) in [5.41, 5.74) is 3.78. The topological polar surface area (TPSA) is 67.4 Å². The van der Waals surface area contributed by atoms with Crippen molar-refractivity contribution in [3.8, 4) is 5.75 Å². The number of rotatable bonds is 8. The SMILES string of the molecule is CCCc1ccc(NCCc2ccccc2O[Si](C)(C)C(C)(C)C)c2c1C(=O)NC2=O. The molecule has 1 aliphatic rings. The number of para-hydroxylation sites is 1. The summed E-state index contributed by atoms with van der Waals surface area (Å²) in [4.78, 5) is 24.7. The molecule has 2 N–H and O–H groups in total. The quantitative estimate of drug-likeness (QED) is 0.418. The predicted octanol–water partition coefficient (Wildman–Crippen LogP) is 5.56. The van der Waals surface area contributed by atoms with Crippen molar-refractivity contribution < 1.29 is 14.0 Å². The summed E-state index contributed by atoms with van der Waals surface area (Å²) in [7, 11) is -1.94. The normalized spacial score (nSPS) is 13.7. The molecule has 1 aliphatic heterocycles. The van der Waals surface area contributed by atoms with Crippen molar-refractivity contribution in [2.75, 3.05) is 11.9 Å². The molecule has 0 unspecified atom stereocenters. The van der Waals surface area contributed by atoms with Crippen molar-refractivity contribution in [2.45, 2.75) is 65.1 Å². The van der Waals surface area contributed by atoms with Gasteiger partial charge in [0.2, 0.25) is 8.32 Å². The number of aryl methyl sites for hydroxylation is 1. The van der Waals surface area contributed by atoms with Gasteiger partial charge in [-0.1, -0.05) is 58.4 Å². The number of nitrogens with one attached hydrogen (secondary N) is 2. The first-order valence-electron chi connectivity index (χ1n) is 11.1. The lowest BCUT2D eigenvalue weighted by atomic mass is 9.97. The van der Waals surface area contributed by atoms with Crippen LogP contribution in [0.25, 0.3) is 0 Å². The van der Waals surface area contributed by atoms with Crippen LogP contribution < -0.4 is 15.1 Å². The zero-order chi connectivity index (χ0) is 22.8. The molecule has 31 heavy (non-hydrogen) atoms. The second-order valence-electron chi connectivity index (χ2n) is 9.70. The van der Waals surface area contributed by atoms with Crippen LogP contribution in [0.15, 0.2) is 36.4 Å². The van der Waals surface area contributed by atoms with E-state index in [9.17, 15) is 9.59 Å². The van der Waals surface area contributed by atoms with E-state index in [1.54, 1.807) is 0 Å². The van der Waals surface area contributed by atoms with Gasteiger partial charge in [0.15, 0.2) is 0 Å². The maximum absolute atomic E-state index is 12.4. The van der Waals surface area contributed by atoms with Crippen molar-refractivity contribution in [1.29, 1.82) is 0 Å². The van der Waals surface area contributed by atoms with Crippen LogP contribution in [0.2, 0.25) is 18.1 Å². The van der Waals surface area contributed by atoms with Gasteiger partial charge in [-0.15, -0.1) is 0 Å². The molecule has 0 spiro atoms. The molecule has 0 atom stereocenters. The van der Waals surface area contributed by atoms with Crippen LogP contribution in [0.3, 0.4) is 0 Å². The van der Waals surface area contributed by atoms with Crippen molar-refractivity contribution >= 4 is 25.8 Å². The summed E-state index contributed by atoms with van der Waals surface area (Å²) in [5.74, 6) is 0.328. The van der Waals surface area contributed by atoms with Gasteiger partial charge in [-0.25, -0.2) is 0 Å². The Morgan fingerprint density at radius 3 is 2.29 bits per heavy atom. The van der Waals surface area contributed by atoms with E-state index in [-0.39, 0.29) is 16.9 Å². The van der Waals surface area contributed by atoms with E-state index in [1.807, 2.05) is 30.3 Å². The number of carbonyl (C=O) groups excluding carboxylic acids is 2. The molecule has 6 heteroatoms. The number of hydrogen-bond acceptors (Lipinski definition) is 4. The molecule has 0 saturated carbocycles. The average molecular weight is 439 g/mol. The van der Waals surface area contributed by atoms with E-state index in [1.165, 1.54) is 0 Å². The molecule has 0 saturated heterocycles. The highest BCUT2D eigenvalue weighted by Gasteiger charge is 2.39. The van der Waals surface area contributed by atoms with E-state index in [0.717, 1.165) is 36.1 Å². The fourth-order valence-corrected chi connectivity index (χ4v) is 4.62. The Kier molecular flexibility index (Phi) is 6.60. The van der Waals surface area contributed by atoms with Gasteiger partial charge in [-0.2, -0.15) is 0 Å². The Hall–Kier alpha value is -2.60. The van der Waals surface area contributed by atoms with Crippen molar-refractivity contribution in [3.63, 3.8) is 0 Å². The maximum atomic E-state index is 12.4. The molecule has 0 bridgehead atoms. The number of hydrogen-bond donors (Lipinski definition) is 2. The summed E-state index contributed by atoms with van der Waals surface area (Å²) < 4.78 is 6.55. The molecular weight excluding hydrogens is 404 g/mol. The van der Waals surface area contributed by atoms with Crippen LogP contribution in [-0.2, 0) is 12.8 Å². The summed E-state index contributed by atoms with van der Waals surface area (Å²) in [5, 5.41) is 5.95. The third-order valence-corrected chi connectivity index (χ3v) is 10.7. The van der Waals surface area contributed by atoms with E-state index < -0.39 is 8.32 Å². The van der Waals surface area contributed by atoms with E-state index in [0.29, 0.717) is 23.4 Å². The molecular formula is C25H34N2O3Si. The second kappa shape index (κ2) is 8.87. The molecule has 1 heterocycles. The third-order valence-electron chi connectivity index (χ3n) is 6.35. The van der Waals surface area contributed by atoms with Gasteiger partial charge in [0.05, 0.1) is 11.1 Å². The summed E-state index contributed by atoms with van der Waals surface area (Å²) >= 11 is 0. The lowest BCUT2D eigenvalue weighted by Gasteiger charge is -2.37. The van der Waals surface area contributed by atoms with Gasteiger partial charge in [-0.3, -0.25) is 14.9 Å². The lowest BCUT2D eigenvalue weighted by molar-refractivity contribution is 0.0879. The van der Waals surface area contributed by atoms with Gasteiger partial charge in [-0.05, 0) is 54.2 Å². The van der Waals surface area contributed by atoms with Crippen LogP contribution >= 0.6 is 0 Å².